The van der Waals surface area contributed by atoms with E-state index in [4.69, 9.17) is 28.4 Å². The second kappa shape index (κ2) is 13.3. The molecule has 4 heterocycles. The van der Waals surface area contributed by atoms with Gasteiger partial charge in [0.2, 0.25) is 0 Å². The minimum atomic E-state index is -1.60. The number of aliphatic hydroxyl groups excluding tert-OH is 6. The van der Waals surface area contributed by atoms with Crippen molar-refractivity contribution >= 4 is 0 Å². The summed E-state index contributed by atoms with van der Waals surface area (Å²) in [6.45, 7) is 13.5. The van der Waals surface area contributed by atoms with Gasteiger partial charge in [0.25, 0.3) is 0 Å². The highest BCUT2D eigenvalue weighted by molar-refractivity contribution is 5.16. The number of rotatable bonds is 4. The maximum Gasteiger partial charge on any atom is 0.187 e. The molecule has 4 saturated heterocycles. The molecular weight excluding hydrogens is 660 g/mol. The largest absolute Gasteiger partial charge is 0.393 e. The van der Waals surface area contributed by atoms with Crippen molar-refractivity contribution in [1.29, 1.82) is 0 Å². The van der Waals surface area contributed by atoms with Crippen molar-refractivity contribution in [3.8, 4) is 0 Å². The zero-order chi connectivity index (χ0) is 36.4. The van der Waals surface area contributed by atoms with Crippen LogP contribution in [0, 0.1) is 52.3 Å². The molecule has 23 unspecified atom stereocenters. The average Bonchev–Trinajstić information content (AvgIpc) is 3.54. The molecule has 12 heteroatoms. The molecule has 0 aromatic rings. The molecule has 4 aliphatic heterocycles. The molecule has 0 aromatic heterocycles. The minimum Gasteiger partial charge on any atom is -0.393 e. The molecule has 1 spiro atoms. The molecule has 51 heavy (non-hydrogen) atoms. The monoisotopic (exact) mass is 724 g/mol. The van der Waals surface area contributed by atoms with Crippen molar-refractivity contribution in [2.45, 2.75) is 185 Å². The smallest absolute Gasteiger partial charge is 0.187 e. The summed E-state index contributed by atoms with van der Waals surface area (Å²) in [4.78, 5) is 0. The van der Waals surface area contributed by atoms with Gasteiger partial charge in [0, 0.05) is 18.8 Å². The molecule has 0 radical (unpaired) electrons. The van der Waals surface area contributed by atoms with Gasteiger partial charge in [0.05, 0.1) is 37.1 Å². The molecule has 4 saturated carbocycles. The van der Waals surface area contributed by atoms with Gasteiger partial charge in [-0.25, -0.2) is 0 Å². The van der Waals surface area contributed by atoms with Crippen LogP contribution in [0.3, 0.4) is 0 Å². The Morgan fingerprint density at radius 1 is 0.667 bits per heavy atom. The lowest BCUT2D eigenvalue weighted by molar-refractivity contribution is -0.375. The van der Waals surface area contributed by atoms with Crippen LogP contribution < -0.4 is 0 Å². The first-order chi connectivity index (χ1) is 24.1. The fourth-order valence-electron chi connectivity index (χ4n) is 13.2. The summed E-state index contributed by atoms with van der Waals surface area (Å²) in [6.07, 6.45) is -4.83. The van der Waals surface area contributed by atoms with E-state index in [1.54, 1.807) is 13.8 Å². The Morgan fingerprint density at radius 3 is 2.08 bits per heavy atom. The summed E-state index contributed by atoms with van der Waals surface area (Å²) in [7, 11) is 0. The van der Waals surface area contributed by atoms with Gasteiger partial charge in [-0.2, -0.15) is 0 Å². The second-order valence-electron chi connectivity index (χ2n) is 18.8. The van der Waals surface area contributed by atoms with Crippen LogP contribution in [0.2, 0.25) is 0 Å². The molecular formula is C39H64O12. The first-order valence-corrected chi connectivity index (χ1v) is 20.1. The fourth-order valence-corrected chi connectivity index (χ4v) is 13.2. The topological polar surface area (TPSA) is 177 Å². The van der Waals surface area contributed by atoms with Gasteiger partial charge >= 0.3 is 0 Å². The lowest BCUT2D eigenvalue weighted by atomic mass is 9.43. The molecule has 0 amide bonds. The highest BCUT2D eigenvalue weighted by atomic mass is 16.8. The summed E-state index contributed by atoms with van der Waals surface area (Å²) in [6, 6.07) is 0. The highest BCUT2D eigenvalue weighted by Gasteiger charge is 2.70. The summed E-state index contributed by atoms with van der Waals surface area (Å²) in [5, 5.41) is 64.8. The third kappa shape index (κ3) is 5.74. The van der Waals surface area contributed by atoms with E-state index in [9.17, 15) is 30.6 Å². The summed E-state index contributed by atoms with van der Waals surface area (Å²) in [5.74, 6) is 2.54. The van der Waals surface area contributed by atoms with Gasteiger partial charge < -0.3 is 59.1 Å². The van der Waals surface area contributed by atoms with Gasteiger partial charge in [-0.05, 0) is 105 Å². The maximum absolute atomic E-state index is 11.3. The van der Waals surface area contributed by atoms with Crippen LogP contribution in [0.5, 0.6) is 0 Å². The van der Waals surface area contributed by atoms with E-state index >= 15 is 0 Å². The molecule has 12 nitrogen and oxygen atoms in total. The van der Waals surface area contributed by atoms with Crippen LogP contribution in [-0.2, 0) is 28.4 Å². The minimum absolute atomic E-state index is 0.159. The standard InChI is InChI=1S/C39H64O12/c1-17-9-12-39(46-16-17)18(2)28-26(51-39)15-25-23-8-7-21-13-22(40)14-27(38(21,6)24(23)10-11-37(25,28)5)49-36-34(32(44)30(42)20(4)48-36)50-35-33(45)31(43)29(41)19(3)47-35/h17-36,40-45H,7-16H2,1-6H3. The lowest BCUT2D eigenvalue weighted by Crippen LogP contribution is -2.65. The van der Waals surface area contributed by atoms with E-state index in [1.807, 2.05) is 0 Å². The van der Waals surface area contributed by atoms with Crippen molar-refractivity contribution in [3.05, 3.63) is 0 Å². The van der Waals surface area contributed by atoms with Crippen LogP contribution in [0.15, 0.2) is 0 Å². The fraction of sp³-hybridized carbons (Fsp3) is 1.00. The Kier molecular flexibility index (Phi) is 9.79. The van der Waals surface area contributed by atoms with E-state index < -0.39 is 79.4 Å². The van der Waals surface area contributed by atoms with Crippen LogP contribution >= 0.6 is 0 Å². The number of fused-ring (bicyclic) bond motifs is 7. The van der Waals surface area contributed by atoms with E-state index in [0.29, 0.717) is 48.3 Å². The van der Waals surface area contributed by atoms with Crippen LogP contribution in [0.1, 0.15) is 99.3 Å². The van der Waals surface area contributed by atoms with Gasteiger partial charge in [0.15, 0.2) is 18.4 Å². The van der Waals surface area contributed by atoms with Gasteiger partial charge in [0.1, 0.15) is 36.6 Å². The summed E-state index contributed by atoms with van der Waals surface area (Å²) in [5.41, 5.74) is -0.128. The molecule has 292 valence electrons. The number of hydrogen-bond acceptors (Lipinski definition) is 12. The van der Waals surface area contributed by atoms with Crippen LogP contribution in [0.25, 0.3) is 0 Å². The van der Waals surface area contributed by atoms with Crippen molar-refractivity contribution in [2.24, 2.45) is 52.3 Å². The normalized spacial score (nSPS) is 61.4. The maximum atomic E-state index is 11.3. The molecule has 6 N–H and O–H groups in total. The van der Waals surface area contributed by atoms with Gasteiger partial charge in [-0.15, -0.1) is 0 Å². The van der Waals surface area contributed by atoms with Crippen molar-refractivity contribution < 1.29 is 59.1 Å². The Bertz CT molecular complexity index is 1260. The van der Waals surface area contributed by atoms with Gasteiger partial charge in [-0.1, -0.05) is 27.7 Å². The first-order valence-electron chi connectivity index (χ1n) is 20.1. The van der Waals surface area contributed by atoms with E-state index in [0.717, 1.165) is 51.6 Å². The number of ether oxygens (including phenoxy) is 6. The van der Waals surface area contributed by atoms with Crippen molar-refractivity contribution in [1.82, 2.24) is 0 Å². The molecule has 8 rings (SSSR count). The quantitative estimate of drug-likeness (QED) is 0.250. The molecule has 0 aromatic carbocycles. The highest BCUT2D eigenvalue weighted by Crippen LogP contribution is 2.71. The number of hydrogen-bond donors (Lipinski definition) is 6. The van der Waals surface area contributed by atoms with Crippen molar-refractivity contribution in [3.63, 3.8) is 0 Å². The Hall–Kier alpha value is -0.480. The Morgan fingerprint density at radius 2 is 1.37 bits per heavy atom. The lowest BCUT2D eigenvalue weighted by Gasteiger charge is -2.63. The summed E-state index contributed by atoms with van der Waals surface area (Å²) < 4.78 is 38.5. The molecule has 0 bridgehead atoms. The van der Waals surface area contributed by atoms with Crippen molar-refractivity contribution in [2.75, 3.05) is 6.61 Å². The predicted molar refractivity (Wildman–Crippen MR) is 182 cm³/mol. The van der Waals surface area contributed by atoms with E-state index in [-0.39, 0.29) is 22.9 Å². The third-order valence-corrected chi connectivity index (χ3v) is 16.2. The first kappa shape index (κ1) is 37.4. The second-order valence-corrected chi connectivity index (χ2v) is 18.8. The van der Waals surface area contributed by atoms with E-state index in [1.165, 1.54) is 0 Å². The van der Waals surface area contributed by atoms with Crippen LogP contribution in [0.4, 0.5) is 0 Å². The van der Waals surface area contributed by atoms with E-state index in [2.05, 4.69) is 27.7 Å². The zero-order valence-electron chi connectivity index (χ0n) is 31.3. The Balaban J connectivity index is 1.04. The molecule has 4 aliphatic carbocycles. The third-order valence-electron chi connectivity index (χ3n) is 16.2. The summed E-state index contributed by atoms with van der Waals surface area (Å²) >= 11 is 0. The molecule has 23 atom stereocenters. The zero-order valence-corrected chi connectivity index (χ0v) is 31.3. The SMILES string of the molecule is CC1CCC2(OC1)OC1CC3C4CCC5CC(O)CC(OC6OC(C)C(O)C(O)C6OC6OC(C)C(O)C(O)C6O)C5(C)C4CCC3(C)C1C2C. The van der Waals surface area contributed by atoms with Gasteiger partial charge in [-0.3, -0.25) is 0 Å². The molecule has 8 aliphatic rings. The average molecular weight is 725 g/mol. The Labute approximate surface area is 302 Å². The van der Waals surface area contributed by atoms with Crippen LogP contribution in [-0.4, -0.2) is 123 Å². The number of aliphatic hydroxyl groups is 6. The molecule has 8 fully saturated rings. The predicted octanol–water partition coefficient (Wildman–Crippen LogP) is 2.47.